The number of nitrogens with zero attached hydrogens (tertiary/aromatic N) is 3. The maximum atomic E-state index is 12.5. The van der Waals surface area contributed by atoms with Crippen LogP contribution in [-0.2, 0) is 16.0 Å². The van der Waals surface area contributed by atoms with Crippen LogP contribution in [0.4, 0.5) is 23.1 Å². The quantitative estimate of drug-likeness (QED) is 0.359. The second-order valence-electron chi connectivity index (χ2n) is 9.79. The molecule has 2 heterocycles. The molecule has 0 spiro atoms. The standard InChI is InChI=1S/C25H31ClN6O5/c1-3-32-16-8-7-15(22(37-2)11(16)5-4-6-17(32)33)29-25-28-10-14(26)24(31-25)30-19-13-9-12(18(19)23(27)36)20(34)21(13)35/h7-8,10,12-13,18-21,34-35H,3-6,9H2,1-2H3,(H2,27,36)(H2,28,29,30,31)/t12-,13+,18+,19-,20-,21+/m1/s1. The highest BCUT2D eigenvalue weighted by atomic mass is 35.5. The first kappa shape index (κ1) is 25.5. The fraction of sp³-hybridized carbons (Fsp3) is 0.520. The lowest BCUT2D eigenvalue weighted by molar-refractivity contribution is -0.128. The number of aromatic nitrogens is 2. The average Bonchev–Trinajstić information content (AvgIpc) is 3.32. The Morgan fingerprint density at radius 1 is 1.27 bits per heavy atom. The van der Waals surface area contributed by atoms with Crippen LogP contribution in [0.15, 0.2) is 18.3 Å². The molecule has 198 valence electrons. The molecule has 2 aliphatic carbocycles. The zero-order valence-corrected chi connectivity index (χ0v) is 21.4. The van der Waals surface area contributed by atoms with Gasteiger partial charge < -0.3 is 36.2 Å². The molecule has 2 aromatic rings. The first-order chi connectivity index (χ1) is 17.7. The predicted octanol–water partition coefficient (Wildman–Crippen LogP) is 1.82. The Hall–Kier alpha value is -3.15. The van der Waals surface area contributed by atoms with Gasteiger partial charge in [0.2, 0.25) is 17.8 Å². The fourth-order valence-corrected chi connectivity index (χ4v) is 6.36. The van der Waals surface area contributed by atoms with Crippen molar-refractivity contribution in [1.29, 1.82) is 0 Å². The van der Waals surface area contributed by atoms with Crippen LogP contribution in [0.2, 0.25) is 5.02 Å². The van der Waals surface area contributed by atoms with Crippen LogP contribution in [0.25, 0.3) is 0 Å². The number of fused-ring (bicyclic) bond motifs is 3. The van der Waals surface area contributed by atoms with E-state index in [-0.39, 0.29) is 28.6 Å². The Morgan fingerprint density at radius 2 is 2.03 bits per heavy atom. The van der Waals surface area contributed by atoms with Gasteiger partial charge in [0, 0.05) is 36.4 Å². The number of primary amides is 1. The third-order valence-corrected chi connectivity index (χ3v) is 8.15. The van der Waals surface area contributed by atoms with Gasteiger partial charge in [-0.1, -0.05) is 11.6 Å². The number of anilines is 4. The van der Waals surface area contributed by atoms with Crippen molar-refractivity contribution in [2.75, 3.05) is 29.2 Å². The third kappa shape index (κ3) is 4.34. The molecule has 1 aliphatic heterocycles. The number of ether oxygens (including phenoxy) is 1. The summed E-state index contributed by atoms with van der Waals surface area (Å²) in [5.74, 6) is -0.789. The van der Waals surface area contributed by atoms with Gasteiger partial charge in [-0.15, -0.1) is 0 Å². The number of carbonyl (C=O) groups is 2. The predicted molar refractivity (Wildman–Crippen MR) is 138 cm³/mol. The van der Waals surface area contributed by atoms with Gasteiger partial charge >= 0.3 is 0 Å². The number of aliphatic hydroxyl groups is 2. The molecule has 0 unspecified atom stereocenters. The van der Waals surface area contributed by atoms with Crippen molar-refractivity contribution in [3.05, 3.63) is 28.9 Å². The molecule has 5 rings (SSSR count). The molecule has 0 radical (unpaired) electrons. The highest BCUT2D eigenvalue weighted by Gasteiger charge is 2.59. The van der Waals surface area contributed by atoms with E-state index in [0.29, 0.717) is 37.2 Å². The lowest BCUT2D eigenvalue weighted by atomic mass is 9.80. The van der Waals surface area contributed by atoms with E-state index in [1.807, 2.05) is 19.1 Å². The number of carbonyl (C=O) groups excluding carboxylic acids is 2. The van der Waals surface area contributed by atoms with Crippen LogP contribution in [0.3, 0.4) is 0 Å². The van der Waals surface area contributed by atoms with E-state index in [9.17, 15) is 19.8 Å². The number of aliphatic hydroxyl groups excluding tert-OH is 2. The number of amides is 2. The molecular formula is C25H31ClN6O5. The first-order valence-electron chi connectivity index (χ1n) is 12.5. The van der Waals surface area contributed by atoms with Gasteiger partial charge in [-0.2, -0.15) is 4.98 Å². The Balaban J connectivity index is 1.43. The lowest BCUT2D eigenvalue weighted by Crippen LogP contribution is -2.52. The average molecular weight is 531 g/mol. The zero-order chi connectivity index (χ0) is 26.4. The molecule has 2 amide bonds. The van der Waals surface area contributed by atoms with E-state index in [4.69, 9.17) is 22.1 Å². The van der Waals surface area contributed by atoms with E-state index in [2.05, 4.69) is 20.6 Å². The fourth-order valence-electron chi connectivity index (χ4n) is 6.22. The highest BCUT2D eigenvalue weighted by Crippen LogP contribution is 2.50. The van der Waals surface area contributed by atoms with Gasteiger partial charge in [0.1, 0.15) is 10.8 Å². The van der Waals surface area contributed by atoms with E-state index in [1.54, 1.807) is 12.0 Å². The van der Waals surface area contributed by atoms with Crippen LogP contribution in [-0.4, -0.2) is 63.9 Å². The molecule has 37 heavy (non-hydrogen) atoms. The van der Waals surface area contributed by atoms with Gasteiger partial charge in [-0.3, -0.25) is 9.59 Å². The maximum absolute atomic E-state index is 12.5. The van der Waals surface area contributed by atoms with Crippen molar-refractivity contribution >= 4 is 46.6 Å². The van der Waals surface area contributed by atoms with Gasteiger partial charge in [-0.25, -0.2) is 4.98 Å². The van der Waals surface area contributed by atoms with E-state index >= 15 is 0 Å². The molecule has 2 bridgehead atoms. The molecular weight excluding hydrogens is 500 g/mol. The van der Waals surface area contributed by atoms with Crippen molar-refractivity contribution < 1.29 is 24.5 Å². The van der Waals surface area contributed by atoms with Crippen molar-refractivity contribution in [3.63, 3.8) is 0 Å². The number of rotatable bonds is 7. The highest BCUT2D eigenvalue weighted by molar-refractivity contribution is 6.32. The summed E-state index contributed by atoms with van der Waals surface area (Å²) in [6.45, 7) is 2.51. The third-order valence-electron chi connectivity index (χ3n) is 7.87. The summed E-state index contributed by atoms with van der Waals surface area (Å²) in [6, 6.07) is 3.18. The molecule has 11 nitrogen and oxygen atoms in total. The molecule has 3 aliphatic rings. The van der Waals surface area contributed by atoms with Gasteiger partial charge in [0.05, 0.1) is 42.8 Å². The van der Waals surface area contributed by atoms with E-state index in [0.717, 1.165) is 17.7 Å². The van der Waals surface area contributed by atoms with Crippen molar-refractivity contribution in [3.8, 4) is 5.75 Å². The minimum absolute atomic E-state index is 0.0910. The Bertz CT molecular complexity index is 1230. The Morgan fingerprint density at radius 3 is 2.73 bits per heavy atom. The Kier molecular flexibility index (Phi) is 6.86. The van der Waals surface area contributed by atoms with Crippen LogP contribution in [0, 0.1) is 17.8 Å². The van der Waals surface area contributed by atoms with Gasteiger partial charge in [-0.05, 0) is 38.3 Å². The molecule has 1 aromatic heterocycles. The number of nitrogens with one attached hydrogen (secondary N) is 2. The molecule has 12 heteroatoms. The second-order valence-corrected chi connectivity index (χ2v) is 10.2. The van der Waals surface area contributed by atoms with Crippen molar-refractivity contribution in [1.82, 2.24) is 9.97 Å². The number of methoxy groups -OCH3 is 1. The summed E-state index contributed by atoms with van der Waals surface area (Å²) in [5.41, 5.74) is 8.05. The summed E-state index contributed by atoms with van der Waals surface area (Å²) in [6.07, 6.45) is 1.85. The van der Waals surface area contributed by atoms with Gasteiger partial charge in [0.15, 0.2) is 5.82 Å². The molecule has 6 N–H and O–H groups in total. The van der Waals surface area contributed by atoms with E-state index < -0.39 is 36.0 Å². The first-order valence-corrected chi connectivity index (χ1v) is 12.8. The topological polar surface area (TPSA) is 163 Å². The summed E-state index contributed by atoms with van der Waals surface area (Å²) >= 11 is 6.38. The number of benzene rings is 1. The van der Waals surface area contributed by atoms with Crippen LogP contribution in [0.5, 0.6) is 5.75 Å². The molecule has 0 saturated heterocycles. The lowest BCUT2D eigenvalue weighted by Gasteiger charge is -2.35. The summed E-state index contributed by atoms with van der Waals surface area (Å²) in [4.78, 5) is 35.3. The second kappa shape index (κ2) is 9.96. The smallest absolute Gasteiger partial charge is 0.229 e. The van der Waals surface area contributed by atoms with Crippen molar-refractivity contribution in [2.24, 2.45) is 23.5 Å². The number of hydrogen-bond acceptors (Lipinski definition) is 9. The van der Waals surface area contributed by atoms with Crippen LogP contribution in [0.1, 0.15) is 31.7 Å². The monoisotopic (exact) mass is 530 g/mol. The zero-order valence-electron chi connectivity index (χ0n) is 20.6. The molecule has 1 aromatic carbocycles. The molecule has 6 atom stereocenters. The van der Waals surface area contributed by atoms with Crippen LogP contribution < -0.4 is 26.0 Å². The molecule has 2 saturated carbocycles. The van der Waals surface area contributed by atoms with Gasteiger partial charge in [0.25, 0.3) is 0 Å². The number of hydrogen-bond donors (Lipinski definition) is 5. The number of nitrogens with two attached hydrogens (primary N) is 1. The number of halogens is 1. The summed E-state index contributed by atoms with van der Waals surface area (Å²) in [5, 5.41) is 27.3. The van der Waals surface area contributed by atoms with E-state index in [1.165, 1.54) is 6.20 Å². The molecule has 2 fully saturated rings. The maximum Gasteiger partial charge on any atom is 0.229 e. The van der Waals surface area contributed by atoms with Crippen LogP contribution >= 0.6 is 11.6 Å². The SMILES string of the molecule is CCN1C(=O)CCCc2c1ccc(Nc1ncc(Cl)c(N[C@@H]3[C@@H]4C[C@@H]([C@@H](O)[C@H]4O)[C@@H]3C(N)=O)n1)c2OC. The van der Waals surface area contributed by atoms with Crippen molar-refractivity contribution in [2.45, 2.75) is 50.9 Å². The summed E-state index contributed by atoms with van der Waals surface area (Å²) in [7, 11) is 1.58. The summed E-state index contributed by atoms with van der Waals surface area (Å²) < 4.78 is 5.76. The minimum atomic E-state index is -0.988. The largest absolute Gasteiger partial charge is 0.494 e. The minimum Gasteiger partial charge on any atom is -0.494 e. The Labute approximate surface area is 219 Å². The normalized spacial score (nSPS) is 28.6.